The van der Waals surface area contributed by atoms with Gasteiger partial charge in [-0.2, -0.15) is 5.10 Å². The molecule has 1 atom stereocenters. The number of halogens is 1. The number of benzene rings is 1. The van der Waals surface area contributed by atoms with Gasteiger partial charge in [0.2, 0.25) is 0 Å². The van der Waals surface area contributed by atoms with Gasteiger partial charge in [-0.1, -0.05) is 12.1 Å². The maximum atomic E-state index is 12.9. The van der Waals surface area contributed by atoms with E-state index in [1.54, 1.807) is 0 Å². The van der Waals surface area contributed by atoms with Gasteiger partial charge < -0.3 is 5.32 Å². The molecule has 0 fully saturated rings. The summed E-state index contributed by atoms with van der Waals surface area (Å²) < 4.78 is 14.8. The van der Waals surface area contributed by atoms with Gasteiger partial charge in [-0.15, -0.1) is 0 Å². The minimum absolute atomic E-state index is 0.000816. The molecule has 1 aromatic heterocycles. The number of hydrogen-bond acceptors (Lipinski definition) is 2. The Balaban J connectivity index is 1.95. The van der Waals surface area contributed by atoms with Crippen LogP contribution in [0.1, 0.15) is 44.9 Å². The fraction of sp³-hybridized carbons (Fsp3) is 0.438. The van der Waals surface area contributed by atoms with E-state index in [1.165, 1.54) is 12.1 Å². The van der Waals surface area contributed by atoms with E-state index in [9.17, 15) is 4.39 Å². The Labute approximate surface area is 119 Å². The first-order valence-corrected chi connectivity index (χ1v) is 6.89. The van der Waals surface area contributed by atoms with Crippen LogP contribution in [-0.2, 0) is 12.1 Å². The van der Waals surface area contributed by atoms with Crippen molar-refractivity contribution in [1.82, 2.24) is 15.1 Å². The summed E-state index contributed by atoms with van der Waals surface area (Å²) in [4.78, 5) is 0. The van der Waals surface area contributed by atoms with Gasteiger partial charge in [0.25, 0.3) is 0 Å². The lowest BCUT2D eigenvalue weighted by molar-refractivity contribution is 0.355. The molecule has 0 saturated carbocycles. The summed E-state index contributed by atoms with van der Waals surface area (Å²) in [7, 11) is 0. The monoisotopic (exact) mass is 275 g/mol. The lowest BCUT2D eigenvalue weighted by Gasteiger charge is -2.18. The minimum Gasteiger partial charge on any atom is -0.306 e. The Hall–Kier alpha value is -1.68. The molecule has 0 radical (unpaired) electrons. The fourth-order valence-electron chi connectivity index (χ4n) is 1.96. The standard InChI is InChI=1S/C16H22FN3/c1-12(14-5-7-15(17)8-6-14)18-9-13-10-19-20(11-13)16(2,3)4/h5-8,10-12,18H,9H2,1-4H3/t12-/m0/s1. The summed E-state index contributed by atoms with van der Waals surface area (Å²) in [5.74, 6) is -0.201. The number of rotatable bonds is 4. The van der Waals surface area contributed by atoms with Crippen molar-refractivity contribution in [2.24, 2.45) is 0 Å². The third-order valence-corrected chi connectivity index (χ3v) is 3.31. The molecule has 0 aliphatic rings. The quantitative estimate of drug-likeness (QED) is 0.923. The molecular weight excluding hydrogens is 253 g/mol. The second-order valence-corrected chi connectivity index (χ2v) is 6.12. The Kier molecular flexibility index (Phi) is 4.23. The first kappa shape index (κ1) is 14.7. The minimum atomic E-state index is -0.201. The van der Waals surface area contributed by atoms with E-state index >= 15 is 0 Å². The lowest BCUT2D eigenvalue weighted by atomic mass is 10.1. The molecule has 0 aliphatic carbocycles. The molecule has 0 saturated heterocycles. The lowest BCUT2D eigenvalue weighted by Crippen LogP contribution is -2.22. The first-order valence-electron chi connectivity index (χ1n) is 6.89. The van der Waals surface area contributed by atoms with Crippen LogP contribution in [-0.4, -0.2) is 9.78 Å². The van der Waals surface area contributed by atoms with Gasteiger partial charge in [0, 0.05) is 24.3 Å². The summed E-state index contributed by atoms with van der Waals surface area (Å²) in [5.41, 5.74) is 2.23. The molecule has 1 aromatic carbocycles. The van der Waals surface area contributed by atoms with Crippen LogP contribution < -0.4 is 5.32 Å². The average molecular weight is 275 g/mol. The van der Waals surface area contributed by atoms with Crippen LogP contribution >= 0.6 is 0 Å². The highest BCUT2D eigenvalue weighted by Crippen LogP contribution is 2.15. The molecule has 0 amide bonds. The van der Waals surface area contributed by atoms with Crippen LogP contribution in [0.4, 0.5) is 4.39 Å². The molecule has 20 heavy (non-hydrogen) atoms. The molecule has 3 nitrogen and oxygen atoms in total. The number of nitrogens with one attached hydrogen (secondary N) is 1. The molecule has 0 bridgehead atoms. The SMILES string of the molecule is C[C@H](NCc1cnn(C(C)(C)C)c1)c1ccc(F)cc1. The van der Waals surface area contributed by atoms with Crippen molar-refractivity contribution >= 4 is 0 Å². The van der Waals surface area contributed by atoms with Gasteiger partial charge in [-0.3, -0.25) is 4.68 Å². The highest BCUT2D eigenvalue weighted by atomic mass is 19.1. The Bertz CT molecular complexity index is 552. The second kappa shape index (κ2) is 5.75. The average Bonchev–Trinajstić information content (AvgIpc) is 2.85. The van der Waals surface area contributed by atoms with E-state index in [0.717, 1.165) is 17.7 Å². The molecule has 108 valence electrons. The van der Waals surface area contributed by atoms with Crippen molar-refractivity contribution in [1.29, 1.82) is 0 Å². The predicted molar refractivity (Wildman–Crippen MR) is 78.9 cm³/mol. The summed E-state index contributed by atoms with van der Waals surface area (Å²) in [6.45, 7) is 9.19. The fourth-order valence-corrected chi connectivity index (χ4v) is 1.96. The molecule has 1 heterocycles. The number of nitrogens with zero attached hydrogens (tertiary/aromatic N) is 2. The molecule has 0 unspecified atom stereocenters. The largest absolute Gasteiger partial charge is 0.306 e. The van der Waals surface area contributed by atoms with Crippen molar-refractivity contribution in [3.8, 4) is 0 Å². The zero-order chi connectivity index (χ0) is 14.8. The third kappa shape index (κ3) is 3.67. The summed E-state index contributed by atoms with van der Waals surface area (Å²) in [6.07, 6.45) is 3.94. The van der Waals surface area contributed by atoms with Crippen molar-refractivity contribution in [2.75, 3.05) is 0 Å². The van der Waals surface area contributed by atoms with Crippen molar-refractivity contribution in [3.05, 3.63) is 53.6 Å². The smallest absolute Gasteiger partial charge is 0.123 e. The van der Waals surface area contributed by atoms with Crippen LogP contribution in [0.3, 0.4) is 0 Å². The van der Waals surface area contributed by atoms with E-state index in [1.807, 2.05) is 23.0 Å². The van der Waals surface area contributed by atoms with E-state index in [4.69, 9.17) is 0 Å². The van der Waals surface area contributed by atoms with Crippen LogP contribution in [0.5, 0.6) is 0 Å². The predicted octanol–water partition coefficient (Wildman–Crippen LogP) is 3.63. The molecule has 2 aromatic rings. The van der Waals surface area contributed by atoms with Crippen LogP contribution in [0, 0.1) is 5.82 Å². The zero-order valence-electron chi connectivity index (χ0n) is 12.5. The summed E-state index contributed by atoms with van der Waals surface area (Å²) >= 11 is 0. The highest BCUT2D eigenvalue weighted by Gasteiger charge is 2.14. The van der Waals surface area contributed by atoms with Crippen LogP contribution in [0.15, 0.2) is 36.7 Å². The van der Waals surface area contributed by atoms with Crippen molar-refractivity contribution in [2.45, 2.75) is 45.8 Å². The molecule has 1 N–H and O–H groups in total. The topological polar surface area (TPSA) is 29.9 Å². The molecule has 0 spiro atoms. The van der Waals surface area contributed by atoms with Crippen molar-refractivity contribution < 1.29 is 4.39 Å². The second-order valence-electron chi connectivity index (χ2n) is 6.12. The van der Waals surface area contributed by atoms with E-state index in [2.05, 4.69) is 44.3 Å². The summed E-state index contributed by atoms with van der Waals surface area (Å²) in [5, 5.41) is 7.80. The van der Waals surface area contributed by atoms with Gasteiger partial charge in [-0.05, 0) is 45.4 Å². The Morgan fingerprint density at radius 2 is 1.90 bits per heavy atom. The van der Waals surface area contributed by atoms with E-state index < -0.39 is 0 Å². The Morgan fingerprint density at radius 1 is 1.25 bits per heavy atom. The molecule has 2 rings (SSSR count). The summed E-state index contributed by atoms with van der Waals surface area (Å²) in [6, 6.07) is 6.78. The Morgan fingerprint density at radius 3 is 2.45 bits per heavy atom. The van der Waals surface area contributed by atoms with E-state index in [0.29, 0.717) is 0 Å². The first-order chi connectivity index (χ1) is 9.36. The maximum absolute atomic E-state index is 12.9. The highest BCUT2D eigenvalue weighted by molar-refractivity contribution is 5.19. The van der Waals surface area contributed by atoms with Crippen LogP contribution in [0.25, 0.3) is 0 Å². The van der Waals surface area contributed by atoms with Gasteiger partial charge in [0.05, 0.1) is 11.7 Å². The number of aromatic nitrogens is 2. The van der Waals surface area contributed by atoms with E-state index in [-0.39, 0.29) is 17.4 Å². The molecule has 0 aliphatic heterocycles. The number of hydrogen-bond donors (Lipinski definition) is 1. The maximum Gasteiger partial charge on any atom is 0.123 e. The zero-order valence-corrected chi connectivity index (χ0v) is 12.5. The van der Waals surface area contributed by atoms with Gasteiger partial charge in [0.15, 0.2) is 0 Å². The van der Waals surface area contributed by atoms with Gasteiger partial charge >= 0.3 is 0 Å². The van der Waals surface area contributed by atoms with Crippen LogP contribution in [0.2, 0.25) is 0 Å². The van der Waals surface area contributed by atoms with Crippen molar-refractivity contribution in [3.63, 3.8) is 0 Å². The molecule has 4 heteroatoms. The van der Waals surface area contributed by atoms with Gasteiger partial charge in [-0.25, -0.2) is 4.39 Å². The third-order valence-electron chi connectivity index (χ3n) is 3.31. The normalized spacial score (nSPS) is 13.4. The van der Waals surface area contributed by atoms with Gasteiger partial charge in [0.1, 0.15) is 5.82 Å². The molecular formula is C16H22FN3.